The zero-order chi connectivity index (χ0) is 13.8. The number of benzene rings is 1. The van der Waals surface area contributed by atoms with Crippen molar-refractivity contribution in [1.82, 2.24) is 4.90 Å². The van der Waals surface area contributed by atoms with Gasteiger partial charge in [-0.15, -0.1) is 0 Å². The number of nitrogen functional groups attached to an aromatic ring is 1. The second kappa shape index (κ2) is 6.42. The van der Waals surface area contributed by atoms with Crippen LogP contribution >= 0.6 is 15.9 Å². The summed E-state index contributed by atoms with van der Waals surface area (Å²) >= 11 is 3.43. The van der Waals surface area contributed by atoms with Gasteiger partial charge in [0, 0.05) is 23.2 Å². The fourth-order valence-electron chi connectivity index (χ4n) is 2.71. The largest absolute Gasteiger partial charge is 0.399 e. The van der Waals surface area contributed by atoms with Crippen LogP contribution in [-0.2, 0) is 0 Å². The SMILES string of the molecule is CCCC1CCN(C(=O)c2cc(N)ccc2Br)CC1. The quantitative estimate of drug-likeness (QED) is 0.862. The number of halogens is 1. The second-order valence-corrected chi connectivity index (χ2v) is 6.12. The van der Waals surface area contributed by atoms with E-state index < -0.39 is 0 Å². The normalized spacial score (nSPS) is 16.6. The first-order valence-electron chi connectivity index (χ1n) is 6.96. The average molecular weight is 325 g/mol. The Labute approximate surface area is 123 Å². The molecule has 1 saturated heterocycles. The first kappa shape index (κ1) is 14.4. The molecular formula is C15H21BrN2O. The summed E-state index contributed by atoms with van der Waals surface area (Å²) in [5.41, 5.74) is 7.07. The van der Waals surface area contributed by atoms with Crippen molar-refractivity contribution >= 4 is 27.5 Å². The van der Waals surface area contributed by atoms with E-state index in [2.05, 4.69) is 22.9 Å². The van der Waals surface area contributed by atoms with Crippen LogP contribution in [0.2, 0.25) is 0 Å². The Morgan fingerprint density at radius 2 is 2.11 bits per heavy atom. The van der Waals surface area contributed by atoms with Gasteiger partial charge in [0.2, 0.25) is 0 Å². The Morgan fingerprint density at radius 3 is 2.74 bits per heavy atom. The van der Waals surface area contributed by atoms with E-state index in [1.54, 1.807) is 12.1 Å². The molecule has 0 aliphatic carbocycles. The smallest absolute Gasteiger partial charge is 0.255 e. The lowest BCUT2D eigenvalue weighted by Crippen LogP contribution is -2.38. The summed E-state index contributed by atoms with van der Waals surface area (Å²) in [6.45, 7) is 3.96. The number of carbonyl (C=O) groups is 1. The van der Waals surface area contributed by atoms with Crippen LogP contribution in [0, 0.1) is 5.92 Å². The zero-order valence-corrected chi connectivity index (χ0v) is 12.9. The number of amides is 1. The molecule has 1 fully saturated rings. The molecule has 104 valence electrons. The first-order valence-corrected chi connectivity index (χ1v) is 7.75. The lowest BCUT2D eigenvalue weighted by atomic mass is 9.92. The van der Waals surface area contributed by atoms with Crippen LogP contribution < -0.4 is 5.73 Å². The number of anilines is 1. The van der Waals surface area contributed by atoms with Gasteiger partial charge in [-0.25, -0.2) is 0 Å². The van der Waals surface area contributed by atoms with Crippen LogP contribution in [0.15, 0.2) is 22.7 Å². The highest BCUT2D eigenvalue weighted by molar-refractivity contribution is 9.10. The monoisotopic (exact) mass is 324 g/mol. The Balaban J connectivity index is 2.03. The van der Waals surface area contributed by atoms with Gasteiger partial charge in [-0.1, -0.05) is 19.8 Å². The molecule has 19 heavy (non-hydrogen) atoms. The highest BCUT2D eigenvalue weighted by Gasteiger charge is 2.24. The number of piperidine rings is 1. The number of carbonyl (C=O) groups excluding carboxylic acids is 1. The third-order valence-electron chi connectivity index (χ3n) is 3.82. The molecule has 0 bridgehead atoms. The Bertz CT molecular complexity index is 453. The summed E-state index contributed by atoms with van der Waals surface area (Å²) < 4.78 is 0.822. The molecule has 1 aromatic rings. The van der Waals surface area contributed by atoms with Gasteiger partial charge in [-0.3, -0.25) is 4.79 Å². The Kier molecular flexibility index (Phi) is 4.86. The van der Waals surface area contributed by atoms with Gasteiger partial charge >= 0.3 is 0 Å². The summed E-state index contributed by atoms with van der Waals surface area (Å²) in [7, 11) is 0. The van der Waals surface area contributed by atoms with E-state index in [0.717, 1.165) is 36.3 Å². The van der Waals surface area contributed by atoms with Crippen molar-refractivity contribution in [3.8, 4) is 0 Å². The van der Waals surface area contributed by atoms with E-state index >= 15 is 0 Å². The van der Waals surface area contributed by atoms with Crippen LogP contribution in [0.5, 0.6) is 0 Å². The van der Waals surface area contributed by atoms with E-state index in [1.807, 2.05) is 11.0 Å². The van der Waals surface area contributed by atoms with Crippen molar-refractivity contribution in [2.45, 2.75) is 32.6 Å². The molecule has 0 saturated carbocycles. The first-order chi connectivity index (χ1) is 9.11. The molecule has 0 aromatic heterocycles. The molecule has 1 amide bonds. The van der Waals surface area contributed by atoms with Crippen molar-refractivity contribution in [3.63, 3.8) is 0 Å². The molecule has 1 aliphatic heterocycles. The minimum absolute atomic E-state index is 0.0918. The van der Waals surface area contributed by atoms with Crippen molar-refractivity contribution < 1.29 is 4.79 Å². The lowest BCUT2D eigenvalue weighted by Gasteiger charge is -2.32. The molecule has 4 heteroatoms. The van der Waals surface area contributed by atoms with E-state index in [-0.39, 0.29) is 5.91 Å². The van der Waals surface area contributed by atoms with Crippen LogP contribution in [0.4, 0.5) is 5.69 Å². The molecule has 1 aromatic carbocycles. The minimum atomic E-state index is 0.0918. The molecule has 1 aliphatic rings. The maximum absolute atomic E-state index is 12.5. The Morgan fingerprint density at radius 1 is 1.42 bits per heavy atom. The van der Waals surface area contributed by atoms with E-state index in [4.69, 9.17) is 5.73 Å². The maximum Gasteiger partial charge on any atom is 0.255 e. The molecule has 0 unspecified atom stereocenters. The van der Waals surface area contributed by atoms with Gasteiger partial charge in [-0.05, 0) is 52.9 Å². The van der Waals surface area contributed by atoms with Crippen LogP contribution in [0.25, 0.3) is 0 Å². The van der Waals surface area contributed by atoms with E-state index in [9.17, 15) is 4.79 Å². The summed E-state index contributed by atoms with van der Waals surface area (Å²) in [6, 6.07) is 5.39. The van der Waals surface area contributed by atoms with Gasteiger partial charge in [0.05, 0.1) is 5.56 Å². The fourth-order valence-corrected chi connectivity index (χ4v) is 3.13. The second-order valence-electron chi connectivity index (χ2n) is 5.26. The topological polar surface area (TPSA) is 46.3 Å². The predicted molar refractivity (Wildman–Crippen MR) is 82.1 cm³/mol. The third-order valence-corrected chi connectivity index (χ3v) is 4.51. The fraction of sp³-hybridized carbons (Fsp3) is 0.533. The lowest BCUT2D eigenvalue weighted by molar-refractivity contribution is 0.0685. The molecule has 2 rings (SSSR count). The molecule has 1 heterocycles. The van der Waals surface area contributed by atoms with E-state index in [1.165, 1.54) is 12.8 Å². The zero-order valence-electron chi connectivity index (χ0n) is 11.4. The standard InChI is InChI=1S/C15H21BrN2O/c1-2-3-11-6-8-18(9-7-11)15(19)13-10-12(17)4-5-14(13)16/h4-5,10-11H,2-3,6-9,17H2,1H3. The summed E-state index contributed by atoms with van der Waals surface area (Å²) in [6.07, 6.45) is 4.77. The Hall–Kier alpha value is -1.03. The van der Waals surface area contributed by atoms with Crippen molar-refractivity contribution in [2.75, 3.05) is 18.8 Å². The van der Waals surface area contributed by atoms with Gasteiger partial charge in [0.25, 0.3) is 5.91 Å². The molecule has 0 atom stereocenters. The number of hydrogen-bond donors (Lipinski definition) is 1. The van der Waals surface area contributed by atoms with Crippen LogP contribution in [0.1, 0.15) is 43.0 Å². The molecule has 2 N–H and O–H groups in total. The highest BCUT2D eigenvalue weighted by Crippen LogP contribution is 2.26. The summed E-state index contributed by atoms with van der Waals surface area (Å²) in [5, 5.41) is 0. The average Bonchev–Trinajstić information content (AvgIpc) is 2.42. The van der Waals surface area contributed by atoms with Gasteiger partial charge in [-0.2, -0.15) is 0 Å². The maximum atomic E-state index is 12.5. The third kappa shape index (κ3) is 3.50. The van der Waals surface area contributed by atoms with Gasteiger partial charge < -0.3 is 10.6 Å². The van der Waals surface area contributed by atoms with Crippen molar-refractivity contribution in [1.29, 1.82) is 0 Å². The minimum Gasteiger partial charge on any atom is -0.399 e. The molecule has 0 radical (unpaired) electrons. The number of hydrogen-bond acceptors (Lipinski definition) is 2. The van der Waals surface area contributed by atoms with Crippen molar-refractivity contribution in [3.05, 3.63) is 28.2 Å². The number of rotatable bonds is 3. The molecule has 3 nitrogen and oxygen atoms in total. The van der Waals surface area contributed by atoms with Gasteiger partial charge in [0.1, 0.15) is 0 Å². The van der Waals surface area contributed by atoms with Gasteiger partial charge in [0.15, 0.2) is 0 Å². The summed E-state index contributed by atoms with van der Waals surface area (Å²) in [4.78, 5) is 14.4. The van der Waals surface area contributed by atoms with Crippen LogP contribution in [-0.4, -0.2) is 23.9 Å². The number of nitrogens with two attached hydrogens (primary N) is 1. The summed E-state index contributed by atoms with van der Waals surface area (Å²) in [5.74, 6) is 0.882. The van der Waals surface area contributed by atoms with E-state index in [0.29, 0.717) is 11.3 Å². The molecule has 0 spiro atoms. The number of likely N-dealkylation sites (tertiary alicyclic amines) is 1. The highest BCUT2D eigenvalue weighted by atomic mass is 79.9. The van der Waals surface area contributed by atoms with Crippen LogP contribution in [0.3, 0.4) is 0 Å². The predicted octanol–water partition coefficient (Wildman–Crippen LogP) is 3.68. The van der Waals surface area contributed by atoms with Crippen molar-refractivity contribution in [2.24, 2.45) is 5.92 Å². The number of nitrogens with zero attached hydrogens (tertiary/aromatic N) is 1. The molecular weight excluding hydrogens is 304 g/mol.